The van der Waals surface area contributed by atoms with Crippen LogP contribution in [0.5, 0.6) is 5.88 Å². The molecule has 2 heterocycles. The van der Waals surface area contributed by atoms with Gasteiger partial charge >= 0.3 is 0 Å². The lowest BCUT2D eigenvalue weighted by atomic mass is 9.98. The van der Waals surface area contributed by atoms with Gasteiger partial charge in [-0.2, -0.15) is 10.5 Å². The SMILES string of the molecule is N#Cc1c(N)nc(S)c(C#N)c1-c1ccc(OCCO)nc1. The molecule has 0 saturated carbocycles. The Morgan fingerprint density at radius 3 is 2.55 bits per heavy atom. The van der Waals surface area contributed by atoms with Crippen LogP contribution in [0.4, 0.5) is 5.82 Å². The molecular formula is C14H11N5O2S. The van der Waals surface area contributed by atoms with Gasteiger partial charge < -0.3 is 15.6 Å². The molecule has 8 heteroatoms. The summed E-state index contributed by atoms with van der Waals surface area (Å²) in [7, 11) is 0. The van der Waals surface area contributed by atoms with Crippen LogP contribution in [0.3, 0.4) is 0 Å². The van der Waals surface area contributed by atoms with Crippen molar-refractivity contribution in [3.05, 3.63) is 29.5 Å². The maximum atomic E-state index is 9.28. The number of thiol groups is 1. The van der Waals surface area contributed by atoms with Crippen molar-refractivity contribution in [1.82, 2.24) is 9.97 Å². The van der Waals surface area contributed by atoms with E-state index in [2.05, 4.69) is 22.6 Å². The van der Waals surface area contributed by atoms with Gasteiger partial charge in [0.15, 0.2) is 0 Å². The van der Waals surface area contributed by atoms with Crippen molar-refractivity contribution in [2.75, 3.05) is 18.9 Å². The second kappa shape index (κ2) is 6.76. The smallest absolute Gasteiger partial charge is 0.213 e. The van der Waals surface area contributed by atoms with Gasteiger partial charge in [0.2, 0.25) is 5.88 Å². The van der Waals surface area contributed by atoms with Crippen LogP contribution in [0.2, 0.25) is 0 Å². The van der Waals surface area contributed by atoms with Crippen LogP contribution in [-0.4, -0.2) is 28.3 Å². The topological polar surface area (TPSA) is 129 Å². The first-order valence-corrected chi connectivity index (χ1v) is 6.59. The van der Waals surface area contributed by atoms with E-state index >= 15 is 0 Å². The van der Waals surface area contributed by atoms with Crippen molar-refractivity contribution in [1.29, 1.82) is 10.5 Å². The van der Waals surface area contributed by atoms with E-state index in [1.165, 1.54) is 6.20 Å². The van der Waals surface area contributed by atoms with E-state index in [0.717, 1.165) is 0 Å². The summed E-state index contributed by atoms with van der Waals surface area (Å²) in [5, 5.41) is 27.4. The third kappa shape index (κ3) is 2.93. The zero-order chi connectivity index (χ0) is 16.1. The average Bonchev–Trinajstić information content (AvgIpc) is 2.53. The molecule has 0 saturated heterocycles. The normalized spacial score (nSPS) is 9.82. The third-order valence-corrected chi connectivity index (χ3v) is 3.12. The van der Waals surface area contributed by atoms with Crippen LogP contribution in [-0.2, 0) is 0 Å². The quantitative estimate of drug-likeness (QED) is 0.721. The first-order chi connectivity index (χ1) is 10.6. The maximum absolute atomic E-state index is 9.28. The number of nitrogens with two attached hydrogens (primary N) is 1. The summed E-state index contributed by atoms with van der Waals surface area (Å²) in [4.78, 5) is 7.95. The number of aliphatic hydroxyl groups excluding tert-OH is 1. The fraction of sp³-hybridized carbons (Fsp3) is 0.143. The lowest BCUT2D eigenvalue weighted by Crippen LogP contribution is -2.04. The van der Waals surface area contributed by atoms with Crippen molar-refractivity contribution in [2.45, 2.75) is 5.03 Å². The molecular weight excluding hydrogens is 302 g/mol. The van der Waals surface area contributed by atoms with Gasteiger partial charge in [-0.3, -0.25) is 0 Å². The van der Waals surface area contributed by atoms with Crippen LogP contribution in [0.15, 0.2) is 23.4 Å². The zero-order valence-electron chi connectivity index (χ0n) is 11.3. The van der Waals surface area contributed by atoms with E-state index in [4.69, 9.17) is 15.6 Å². The van der Waals surface area contributed by atoms with Gasteiger partial charge in [-0.25, -0.2) is 9.97 Å². The van der Waals surface area contributed by atoms with E-state index in [-0.39, 0.29) is 35.2 Å². The minimum atomic E-state index is -0.121. The summed E-state index contributed by atoms with van der Waals surface area (Å²) in [6.07, 6.45) is 1.45. The summed E-state index contributed by atoms with van der Waals surface area (Å²) >= 11 is 4.12. The predicted octanol–water partition coefficient (Wildman–Crippen LogP) is 1.13. The Labute approximate surface area is 132 Å². The van der Waals surface area contributed by atoms with Gasteiger partial charge in [-0.05, 0) is 6.07 Å². The van der Waals surface area contributed by atoms with Gasteiger partial charge in [0, 0.05) is 23.4 Å². The highest BCUT2D eigenvalue weighted by Crippen LogP contribution is 2.33. The number of nitrogen functional groups attached to an aromatic ring is 1. The molecule has 3 N–H and O–H groups in total. The number of hydrogen-bond acceptors (Lipinski definition) is 8. The van der Waals surface area contributed by atoms with Crippen LogP contribution >= 0.6 is 12.6 Å². The maximum Gasteiger partial charge on any atom is 0.213 e. The van der Waals surface area contributed by atoms with Crippen molar-refractivity contribution >= 4 is 18.4 Å². The summed E-state index contributed by atoms with van der Waals surface area (Å²) in [5.41, 5.74) is 6.83. The molecule has 0 atom stereocenters. The number of aromatic nitrogens is 2. The molecule has 0 radical (unpaired) electrons. The molecule has 0 amide bonds. The van der Waals surface area contributed by atoms with E-state index in [0.29, 0.717) is 17.0 Å². The molecule has 0 bridgehead atoms. The fourth-order valence-electron chi connectivity index (χ4n) is 1.86. The van der Waals surface area contributed by atoms with E-state index in [1.54, 1.807) is 12.1 Å². The molecule has 2 rings (SSSR count). The standard InChI is InChI=1S/C14H11N5O2S/c15-5-9-12(10(6-16)14(22)19-13(9)17)8-1-2-11(18-7-8)21-4-3-20/h1-2,7,20H,3-4H2,(H3,17,19,22). The lowest BCUT2D eigenvalue weighted by Gasteiger charge is -2.11. The monoisotopic (exact) mass is 313 g/mol. The van der Waals surface area contributed by atoms with Gasteiger partial charge in [0.1, 0.15) is 35.2 Å². The number of hydrogen-bond donors (Lipinski definition) is 3. The first-order valence-electron chi connectivity index (χ1n) is 6.15. The number of aliphatic hydroxyl groups is 1. The number of pyridine rings is 2. The van der Waals surface area contributed by atoms with E-state index < -0.39 is 0 Å². The predicted molar refractivity (Wildman–Crippen MR) is 81.1 cm³/mol. The van der Waals surface area contributed by atoms with E-state index in [9.17, 15) is 10.5 Å². The van der Waals surface area contributed by atoms with Gasteiger partial charge in [0.25, 0.3) is 0 Å². The van der Waals surface area contributed by atoms with Gasteiger partial charge in [0.05, 0.1) is 12.2 Å². The van der Waals surface area contributed by atoms with Crippen LogP contribution in [0, 0.1) is 22.7 Å². The Hall–Kier alpha value is -2.81. The number of nitrogens with zero attached hydrogens (tertiary/aromatic N) is 4. The molecule has 0 aromatic carbocycles. The molecule has 22 heavy (non-hydrogen) atoms. The Bertz CT molecular complexity index is 740. The largest absolute Gasteiger partial charge is 0.475 e. The highest BCUT2D eigenvalue weighted by atomic mass is 32.1. The van der Waals surface area contributed by atoms with Crippen molar-refractivity contribution < 1.29 is 9.84 Å². The summed E-state index contributed by atoms with van der Waals surface area (Å²) in [5.74, 6) is 0.324. The highest BCUT2D eigenvalue weighted by molar-refractivity contribution is 7.80. The minimum absolute atomic E-state index is 0.00195. The summed E-state index contributed by atoms with van der Waals surface area (Å²) in [6.45, 7) is 0.00667. The molecule has 2 aromatic heterocycles. The second-order valence-electron chi connectivity index (χ2n) is 4.13. The average molecular weight is 313 g/mol. The Morgan fingerprint density at radius 2 is 2.00 bits per heavy atom. The Morgan fingerprint density at radius 1 is 1.27 bits per heavy atom. The van der Waals surface area contributed by atoms with Crippen LogP contribution in [0.1, 0.15) is 11.1 Å². The molecule has 0 unspecified atom stereocenters. The Kier molecular flexibility index (Phi) is 4.79. The van der Waals surface area contributed by atoms with Crippen LogP contribution in [0.25, 0.3) is 11.1 Å². The molecule has 0 spiro atoms. The fourth-order valence-corrected chi connectivity index (χ4v) is 2.13. The number of ether oxygens (including phenoxy) is 1. The first kappa shape index (κ1) is 15.6. The molecule has 0 fully saturated rings. The zero-order valence-corrected chi connectivity index (χ0v) is 12.2. The molecule has 110 valence electrons. The highest BCUT2D eigenvalue weighted by Gasteiger charge is 2.18. The number of anilines is 1. The second-order valence-corrected chi connectivity index (χ2v) is 4.55. The molecule has 7 nitrogen and oxygen atoms in total. The van der Waals surface area contributed by atoms with Gasteiger partial charge in [-0.15, -0.1) is 12.6 Å². The minimum Gasteiger partial charge on any atom is -0.475 e. The van der Waals surface area contributed by atoms with Crippen molar-refractivity contribution in [3.8, 4) is 29.1 Å². The molecule has 2 aromatic rings. The molecule has 0 aliphatic heterocycles. The van der Waals surface area contributed by atoms with E-state index in [1.807, 2.05) is 12.1 Å². The van der Waals surface area contributed by atoms with Gasteiger partial charge in [-0.1, -0.05) is 0 Å². The number of nitriles is 2. The summed E-state index contributed by atoms with van der Waals surface area (Å²) in [6, 6.07) is 7.14. The van der Waals surface area contributed by atoms with Crippen molar-refractivity contribution in [2.24, 2.45) is 0 Å². The Balaban J connectivity index is 2.57. The van der Waals surface area contributed by atoms with Crippen molar-refractivity contribution in [3.63, 3.8) is 0 Å². The van der Waals surface area contributed by atoms with Crippen LogP contribution < -0.4 is 10.5 Å². The summed E-state index contributed by atoms with van der Waals surface area (Å²) < 4.78 is 5.16. The third-order valence-electron chi connectivity index (χ3n) is 2.80. The molecule has 0 aliphatic rings. The lowest BCUT2D eigenvalue weighted by molar-refractivity contribution is 0.196. The number of rotatable bonds is 4. The molecule has 0 aliphatic carbocycles.